The van der Waals surface area contributed by atoms with E-state index in [-0.39, 0.29) is 0 Å². The Hall–Kier alpha value is -4.35. The molecular formula is C26H20ClN5O3. The number of anilines is 1. The summed E-state index contributed by atoms with van der Waals surface area (Å²) in [7, 11) is 1.60. The number of amides is 1. The fourth-order valence-electron chi connectivity index (χ4n) is 4.14. The molecule has 0 N–H and O–H groups in total. The summed E-state index contributed by atoms with van der Waals surface area (Å²) in [6, 6.07) is 21.4. The van der Waals surface area contributed by atoms with E-state index in [1.807, 2.05) is 36.4 Å². The molecule has 0 spiro atoms. The number of benzene rings is 3. The van der Waals surface area contributed by atoms with Crippen LogP contribution in [0.5, 0.6) is 5.75 Å². The van der Waals surface area contributed by atoms with Gasteiger partial charge in [0, 0.05) is 16.3 Å². The zero-order valence-corrected chi connectivity index (χ0v) is 19.5. The first-order valence-electron chi connectivity index (χ1n) is 10.8. The van der Waals surface area contributed by atoms with Crippen LogP contribution in [0.25, 0.3) is 16.1 Å². The summed E-state index contributed by atoms with van der Waals surface area (Å²) in [4.78, 5) is 18.1. The molecule has 1 aliphatic rings. The molecule has 1 fully saturated rings. The number of methoxy groups -OCH3 is 1. The number of halogens is 1. The molecule has 0 saturated carbocycles. The van der Waals surface area contributed by atoms with E-state index in [1.165, 1.54) is 0 Å². The van der Waals surface area contributed by atoms with Gasteiger partial charge in [0.1, 0.15) is 23.6 Å². The van der Waals surface area contributed by atoms with Crippen molar-refractivity contribution in [2.45, 2.75) is 18.7 Å². The number of cyclic esters (lactones) is 1. The predicted molar refractivity (Wildman–Crippen MR) is 132 cm³/mol. The summed E-state index contributed by atoms with van der Waals surface area (Å²) >= 11 is 6.07. The third-order valence-electron chi connectivity index (χ3n) is 5.82. The summed E-state index contributed by atoms with van der Waals surface area (Å²) in [6.45, 7) is 7.40. The van der Waals surface area contributed by atoms with Crippen LogP contribution in [0.2, 0.25) is 5.02 Å². The molecule has 2 atom stereocenters. The third-order valence-corrected chi connectivity index (χ3v) is 6.07. The molecule has 3 aromatic carbocycles. The third kappa shape index (κ3) is 4.54. The number of ether oxygens (including phenoxy) is 2. The van der Waals surface area contributed by atoms with Crippen LogP contribution in [0.15, 0.2) is 79.0 Å². The van der Waals surface area contributed by atoms with Crippen molar-refractivity contribution >= 4 is 29.1 Å². The molecule has 9 heteroatoms. The van der Waals surface area contributed by atoms with Crippen LogP contribution in [-0.4, -0.2) is 34.3 Å². The van der Waals surface area contributed by atoms with Crippen molar-refractivity contribution in [3.8, 4) is 17.0 Å². The Morgan fingerprint density at radius 3 is 2.60 bits per heavy atom. The van der Waals surface area contributed by atoms with Gasteiger partial charge in [0.25, 0.3) is 0 Å². The van der Waals surface area contributed by atoms with E-state index in [1.54, 1.807) is 59.3 Å². The van der Waals surface area contributed by atoms with Crippen LogP contribution in [0, 0.1) is 6.57 Å². The van der Waals surface area contributed by atoms with Gasteiger partial charge in [-0.05, 0) is 42.0 Å². The standard InChI is InChI=1S/C26H20ClN5O3/c1-28-20-10-6-17(7-11-20)23-15-31(30-29-23)16-24-25(18-4-3-5-22(14-18)34-2)32(26(33)35-24)21-12-8-19(27)9-13-21/h3-15,24-25H,16H2,2H3/t24-,25-/m0/s1. The highest BCUT2D eigenvalue weighted by atomic mass is 35.5. The molecule has 1 amide bonds. The SMILES string of the molecule is [C-]#[N+]c1ccc(-c2cn(C[C@@H]3OC(=O)N(c4ccc(Cl)cc4)[C@H]3c3cccc(OC)c3)nn2)cc1. The average Bonchev–Trinajstić information content (AvgIpc) is 3.49. The van der Waals surface area contributed by atoms with Crippen LogP contribution in [0.4, 0.5) is 16.2 Å². The van der Waals surface area contributed by atoms with Gasteiger partial charge in [0.2, 0.25) is 0 Å². The van der Waals surface area contributed by atoms with E-state index in [9.17, 15) is 4.79 Å². The smallest absolute Gasteiger partial charge is 0.415 e. The molecule has 0 aliphatic carbocycles. The summed E-state index contributed by atoms with van der Waals surface area (Å²) in [5.74, 6) is 0.683. The van der Waals surface area contributed by atoms with E-state index in [0.29, 0.717) is 34.4 Å². The van der Waals surface area contributed by atoms with Crippen LogP contribution >= 0.6 is 11.6 Å². The Labute approximate surface area is 207 Å². The molecular weight excluding hydrogens is 466 g/mol. The van der Waals surface area contributed by atoms with Crippen molar-refractivity contribution in [2.75, 3.05) is 12.0 Å². The number of carbonyl (C=O) groups is 1. The monoisotopic (exact) mass is 485 g/mol. The Bertz CT molecular complexity index is 1400. The normalized spacial score (nSPS) is 17.2. The van der Waals surface area contributed by atoms with Crippen molar-refractivity contribution in [1.29, 1.82) is 0 Å². The lowest BCUT2D eigenvalue weighted by atomic mass is 9.99. The molecule has 1 saturated heterocycles. The molecule has 4 aromatic rings. The largest absolute Gasteiger partial charge is 0.497 e. The molecule has 1 aliphatic heterocycles. The molecule has 0 bridgehead atoms. The summed E-state index contributed by atoms with van der Waals surface area (Å²) in [5, 5.41) is 9.09. The molecule has 1 aromatic heterocycles. The molecule has 0 radical (unpaired) electrons. The first-order chi connectivity index (χ1) is 17.1. The van der Waals surface area contributed by atoms with Crippen molar-refractivity contribution in [2.24, 2.45) is 0 Å². The highest BCUT2D eigenvalue weighted by molar-refractivity contribution is 6.30. The lowest BCUT2D eigenvalue weighted by molar-refractivity contribution is 0.117. The van der Waals surface area contributed by atoms with Crippen molar-refractivity contribution in [3.05, 3.63) is 101 Å². The van der Waals surface area contributed by atoms with Gasteiger partial charge < -0.3 is 9.47 Å². The Morgan fingerprint density at radius 1 is 1.11 bits per heavy atom. The second kappa shape index (κ2) is 9.49. The lowest BCUT2D eigenvalue weighted by Crippen LogP contribution is -2.31. The first kappa shape index (κ1) is 22.4. The van der Waals surface area contributed by atoms with E-state index >= 15 is 0 Å². The minimum atomic E-state index is -0.538. The van der Waals surface area contributed by atoms with Crippen LogP contribution in [0.1, 0.15) is 11.6 Å². The minimum absolute atomic E-state index is 0.296. The summed E-state index contributed by atoms with van der Waals surface area (Å²) < 4.78 is 12.9. The average molecular weight is 486 g/mol. The first-order valence-corrected chi connectivity index (χ1v) is 11.2. The molecule has 35 heavy (non-hydrogen) atoms. The molecule has 8 nitrogen and oxygen atoms in total. The fraction of sp³-hybridized carbons (Fsp3) is 0.154. The fourth-order valence-corrected chi connectivity index (χ4v) is 4.26. The zero-order valence-electron chi connectivity index (χ0n) is 18.7. The maximum absolute atomic E-state index is 13.1. The van der Waals surface area contributed by atoms with Crippen LogP contribution < -0.4 is 9.64 Å². The van der Waals surface area contributed by atoms with Gasteiger partial charge in [-0.2, -0.15) is 0 Å². The second-order valence-corrected chi connectivity index (χ2v) is 8.41. The molecule has 0 unspecified atom stereocenters. The van der Waals surface area contributed by atoms with Gasteiger partial charge in [-0.1, -0.05) is 53.2 Å². The number of hydrogen-bond acceptors (Lipinski definition) is 5. The number of nitrogens with zero attached hydrogens (tertiary/aromatic N) is 5. The van der Waals surface area contributed by atoms with Crippen molar-refractivity contribution in [1.82, 2.24) is 15.0 Å². The number of rotatable bonds is 6. The van der Waals surface area contributed by atoms with E-state index < -0.39 is 18.2 Å². The van der Waals surface area contributed by atoms with Crippen molar-refractivity contribution in [3.63, 3.8) is 0 Å². The Morgan fingerprint density at radius 2 is 1.89 bits per heavy atom. The van der Waals surface area contributed by atoms with Gasteiger partial charge in [-0.3, -0.25) is 4.90 Å². The quantitative estimate of drug-likeness (QED) is 0.317. The molecule has 5 rings (SSSR count). The molecule has 174 valence electrons. The maximum Gasteiger partial charge on any atom is 0.415 e. The van der Waals surface area contributed by atoms with Crippen LogP contribution in [-0.2, 0) is 11.3 Å². The Balaban J connectivity index is 1.47. The summed E-state index contributed by atoms with van der Waals surface area (Å²) in [6.07, 6.45) is 0.804. The summed E-state index contributed by atoms with van der Waals surface area (Å²) in [5.41, 5.74) is 3.61. The number of carbonyl (C=O) groups excluding carboxylic acids is 1. The van der Waals surface area contributed by atoms with E-state index in [2.05, 4.69) is 15.2 Å². The van der Waals surface area contributed by atoms with Gasteiger partial charge in [0.05, 0.1) is 26.4 Å². The minimum Gasteiger partial charge on any atom is -0.497 e. The topological polar surface area (TPSA) is 73.8 Å². The number of hydrogen-bond donors (Lipinski definition) is 0. The highest BCUT2D eigenvalue weighted by Gasteiger charge is 2.44. The van der Waals surface area contributed by atoms with Crippen LogP contribution in [0.3, 0.4) is 0 Å². The van der Waals surface area contributed by atoms with Gasteiger partial charge in [-0.25, -0.2) is 14.3 Å². The highest BCUT2D eigenvalue weighted by Crippen LogP contribution is 2.39. The van der Waals surface area contributed by atoms with E-state index in [4.69, 9.17) is 27.6 Å². The predicted octanol–water partition coefficient (Wildman–Crippen LogP) is 5.92. The van der Waals surface area contributed by atoms with Gasteiger partial charge >= 0.3 is 6.09 Å². The maximum atomic E-state index is 13.1. The zero-order chi connectivity index (χ0) is 24.4. The Kier molecular flexibility index (Phi) is 6.08. The lowest BCUT2D eigenvalue weighted by Gasteiger charge is -2.25. The van der Waals surface area contributed by atoms with Gasteiger partial charge in [0.15, 0.2) is 5.69 Å². The van der Waals surface area contributed by atoms with Gasteiger partial charge in [-0.15, -0.1) is 5.10 Å². The molecule has 2 heterocycles. The second-order valence-electron chi connectivity index (χ2n) is 7.97. The van der Waals surface area contributed by atoms with Crippen molar-refractivity contribution < 1.29 is 14.3 Å². The van der Waals surface area contributed by atoms with E-state index in [0.717, 1.165) is 11.1 Å². The number of aromatic nitrogens is 3.